The van der Waals surface area contributed by atoms with Crippen molar-refractivity contribution in [3.8, 4) is 5.75 Å². The van der Waals surface area contributed by atoms with Crippen LogP contribution in [0.1, 0.15) is 11.1 Å². The van der Waals surface area contributed by atoms with Crippen molar-refractivity contribution in [2.45, 2.75) is 18.4 Å². The third kappa shape index (κ3) is 3.28. The molecule has 5 nitrogen and oxygen atoms in total. The molecule has 0 aromatic heterocycles. The third-order valence-corrected chi connectivity index (χ3v) is 4.04. The van der Waals surface area contributed by atoms with Gasteiger partial charge in [0.15, 0.2) is 0 Å². The average Bonchev–Trinajstić information content (AvgIpc) is 2.36. The number of rotatable bonds is 4. The fourth-order valence-electron chi connectivity index (χ4n) is 1.98. The van der Waals surface area contributed by atoms with E-state index >= 15 is 0 Å². The molecule has 0 amide bonds. The molecule has 20 heavy (non-hydrogen) atoms. The molecule has 4 N–H and O–H groups in total. The molecule has 0 atom stereocenters. The van der Waals surface area contributed by atoms with Gasteiger partial charge in [0.05, 0.1) is 4.90 Å². The zero-order valence-electron chi connectivity index (χ0n) is 11.0. The highest BCUT2D eigenvalue weighted by Crippen LogP contribution is 2.23. The molecule has 106 valence electrons. The summed E-state index contributed by atoms with van der Waals surface area (Å²) in [6, 6.07) is 11.8. The zero-order chi connectivity index (χ0) is 14.8. The van der Waals surface area contributed by atoms with E-state index < -0.39 is 10.0 Å². The molecule has 0 radical (unpaired) electrons. The second-order valence-corrected chi connectivity index (χ2v) is 6.03. The Morgan fingerprint density at radius 3 is 2.55 bits per heavy atom. The highest BCUT2D eigenvalue weighted by Gasteiger charge is 2.13. The normalized spacial score (nSPS) is 11.3. The fraction of sp³-hybridized carbons (Fsp3) is 0.143. The van der Waals surface area contributed by atoms with E-state index in [1.165, 1.54) is 6.07 Å². The van der Waals surface area contributed by atoms with Crippen LogP contribution in [0.2, 0.25) is 0 Å². The maximum absolute atomic E-state index is 11.4. The molecule has 0 spiro atoms. The van der Waals surface area contributed by atoms with E-state index in [4.69, 9.17) is 5.14 Å². The van der Waals surface area contributed by atoms with Gasteiger partial charge < -0.3 is 10.4 Å². The molecule has 0 aliphatic carbocycles. The third-order valence-electron chi connectivity index (χ3n) is 2.98. The van der Waals surface area contributed by atoms with Crippen molar-refractivity contribution in [3.63, 3.8) is 0 Å². The van der Waals surface area contributed by atoms with Crippen molar-refractivity contribution in [2.75, 3.05) is 5.32 Å². The van der Waals surface area contributed by atoms with Gasteiger partial charge in [-0.25, -0.2) is 13.6 Å². The Morgan fingerprint density at radius 2 is 1.90 bits per heavy atom. The lowest BCUT2D eigenvalue weighted by atomic mass is 10.1. The monoisotopic (exact) mass is 292 g/mol. The van der Waals surface area contributed by atoms with Gasteiger partial charge >= 0.3 is 0 Å². The summed E-state index contributed by atoms with van der Waals surface area (Å²) in [5.41, 5.74) is 2.17. The van der Waals surface area contributed by atoms with Gasteiger partial charge in [0, 0.05) is 12.2 Å². The van der Waals surface area contributed by atoms with Crippen molar-refractivity contribution in [3.05, 3.63) is 53.6 Å². The summed E-state index contributed by atoms with van der Waals surface area (Å²) in [5, 5.41) is 17.7. The first-order valence-corrected chi connectivity index (χ1v) is 7.57. The zero-order valence-corrected chi connectivity index (χ0v) is 11.8. The number of hydrogen-bond acceptors (Lipinski definition) is 4. The lowest BCUT2D eigenvalue weighted by Crippen LogP contribution is -2.14. The van der Waals surface area contributed by atoms with E-state index in [9.17, 15) is 13.5 Å². The maximum Gasteiger partial charge on any atom is 0.238 e. The van der Waals surface area contributed by atoms with Gasteiger partial charge in [-0.3, -0.25) is 0 Å². The summed E-state index contributed by atoms with van der Waals surface area (Å²) in [6.45, 7) is 2.17. The van der Waals surface area contributed by atoms with Gasteiger partial charge in [-0.2, -0.15) is 0 Å². The minimum atomic E-state index is -3.73. The van der Waals surface area contributed by atoms with Gasteiger partial charge in [-0.1, -0.05) is 18.2 Å². The number of hydrogen-bond donors (Lipinski definition) is 3. The van der Waals surface area contributed by atoms with Crippen LogP contribution in [0.3, 0.4) is 0 Å². The van der Waals surface area contributed by atoms with Crippen LogP contribution in [-0.2, 0) is 16.6 Å². The molecular weight excluding hydrogens is 276 g/mol. The van der Waals surface area contributed by atoms with Gasteiger partial charge in [0.1, 0.15) is 5.75 Å². The lowest BCUT2D eigenvalue weighted by Gasteiger charge is -2.12. The summed E-state index contributed by atoms with van der Waals surface area (Å²) in [7, 11) is -3.73. The molecule has 6 heteroatoms. The molecule has 0 saturated carbocycles. The molecule has 0 saturated heterocycles. The Kier molecular flexibility index (Phi) is 3.96. The number of primary sulfonamides is 1. The van der Waals surface area contributed by atoms with Crippen molar-refractivity contribution >= 4 is 15.7 Å². The van der Waals surface area contributed by atoms with E-state index in [0.717, 1.165) is 5.56 Å². The molecule has 2 rings (SSSR count). The molecule has 0 fully saturated rings. The van der Waals surface area contributed by atoms with Crippen LogP contribution in [-0.4, -0.2) is 13.5 Å². The number of nitrogens with two attached hydrogens (primary N) is 1. The predicted molar refractivity (Wildman–Crippen MR) is 78.0 cm³/mol. The van der Waals surface area contributed by atoms with Gasteiger partial charge in [-0.15, -0.1) is 0 Å². The quantitative estimate of drug-likeness (QED) is 0.803. The average molecular weight is 292 g/mol. The lowest BCUT2D eigenvalue weighted by molar-refractivity contribution is 0.474. The second kappa shape index (κ2) is 5.52. The molecule has 0 aliphatic rings. The van der Waals surface area contributed by atoms with Gasteiger partial charge in [-0.05, 0) is 42.3 Å². The molecule has 0 heterocycles. The first-order valence-electron chi connectivity index (χ1n) is 6.02. The number of anilines is 1. The largest absolute Gasteiger partial charge is 0.508 e. The van der Waals surface area contributed by atoms with E-state index in [1.54, 1.807) is 37.3 Å². The van der Waals surface area contributed by atoms with Crippen molar-refractivity contribution in [1.29, 1.82) is 0 Å². The molecule has 2 aromatic carbocycles. The van der Waals surface area contributed by atoms with E-state index in [-0.39, 0.29) is 10.6 Å². The SMILES string of the molecule is Cc1c(NCc2cccc(O)c2)cccc1S(N)(=O)=O. The van der Waals surface area contributed by atoms with Gasteiger partial charge in [0.25, 0.3) is 0 Å². The Hall–Kier alpha value is -2.05. The summed E-state index contributed by atoms with van der Waals surface area (Å²) < 4.78 is 22.9. The number of phenolic OH excluding ortho intramolecular Hbond substituents is 1. The smallest absolute Gasteiger partial charge is 0.238 e. The van der Waals surface area contributed by atoms with Crippen molar-refractivity contribution < 1.29 is 13.5 Å². The number of nitrogens with one attached hydrogen (secondary N) is 1. The van der Waals surface area contributed by atoms with Crippen LogP contribution in [0.4, 0.5) is 5.69 Å². The Bertz CT molecular complexity index is 727. The van der Waals surface area contributed by atoms with Crippen molar-refractivity contribution in [1.82, 2.24) is 0 Å². The minimum absolute atomic E-state index is 0.110. The first-order chi connectivity index (χ1) is 9.38. The summed E-state index contributed by atoms with van der Waals surface area (Å²) >= 11 is 0. The Balaban J connectivity index is 2.23. The number of aromatic hydroxyl groups is 1. The highest BCUT2D eigenvalue weighted by molar-refractivity contribution is 7.89. The van der Waals surface area contributed by atoms with Gasteiger partial charge in [0.2, 0.25) is 10.0 Å². The van der Waals surface area contributed by atoms with Crippen molar-refractivity contribution in [2.24, 2.45) is 5.14 Å². The summed E-state index contributed by atoms with van der Waals surface area (Å²) in [5.74, 6) is 0.194. The molecule has 0 aliphatic heterocycles. The summed E-state index contributed by atoms with van der Waals surface area (Å²) in [4.78, 5) is 0.110. The number of benzene rings is 2. The standard InChI is InChI=1S/C14H16N2O3S/c1-10-13(6-3-7-14(10)20(15,18)19)16-9-11-4-2-5-12(17)8-11/h2-8,16-17H,9H2,1H3,(H2,15,18,19). The molecule has 0 bridgehead atoms. The predicted octanol–water partition coefficient (Wildman–Crippen LogP) is 1.96. The Labute approximate surface area is 118 Å². The molecule has 2 aromatic rings. The van der Waals surface area contributed by atoms with E-state index in [1.807, 2.05) is 6.07 Å². The number of sulfonamides is 1. The topological polar surface area (TPSA) is 92.4 Å². The van der Waals surface area contributed by atoms with E-state index in [0.29, 0.717) is 17.8 Å². The van der Waals surface area contributed by atoms with Crippen LogP contribution in [0, 0.1) is 6.92 Å². The number of phenols is 1. The second-order valence-electron chi connectivity index (χ2n) is 4.50. The molecule has 0 unspecified atom stereocenters. The summed E-state index contributed by atoms with van der Waals surface area (Å²) in [6.07, 6.45) is 0. The Morgan fingerprint density at radius 1 is 1.20 bits per heavy atom. The van der Waals surface area contributed by atoms with Crippen LogP contribution in [0.25, 0.3) is 0 Å². The van der Waals surface area contributed by atoms with Crippen LogP contribution >= 0.6 is 0 Å². The fourth-order valence-corrected chi connectivity index (χ4v) is 2.78. The highest BCUT2D eigenvalue weighted by atomic mass is 32.2. The maximum atomic E-state index is 11.4. The molecular formula is C14H16N2O3S. The first kappa shape index (κ1) is 14.4. The minimum Gasteiger partial charge on any atom is -0.508 e. The van der Waals surface area contributed by atoms with Crippen LogP contribution in [0.5, 0.6) is 5.75 Å². The van der Waals surface area contributed by atoms with Crippen LogP contribution in [0.15, 0.2) is 47.4 Å². The van der Waals surface area contributed by atoms with E-state index in [2.05, 4.69) is 5.32 Å². The van der Waals surface area contributed by atoms with Crippen LogP contribution < -0.4 is 10.5 Å².